The average molecular weight is 424 g/mol. The van der Waals surface area contributed by atoms with E-state index in [9.17, 15) is 18.0 Å². The van der Waals surface area contributed by atoms with E-state index in [4.69, 9.17) is 16.3 Å². The number of amides is 1. The van der Waals surface area contributed by atoms with E-state index < -0.39 is 23.7 Å². The minimum atomic E-state index is -4.80. The zero-order valence-corrected chi connectivity index (χ0v) is 16.3. The number of hydrogen-bond donors (Lipinski definition) is 1. The third-order valence-corrected chi connectivity index (χ3v) is 4.50. The SMILES string of the molecule is CCc1cccc(C)c1NC(=O)Oc1cnn(-c2ccc(Cl)cc2)c1C(F)(F)F. The number of nitrogens with zero attached hydrogens (tertiary/aromatic N) is 2. The molecule has 152 valence electrons. The van der Waals surface area contributed by atoms with Gasteiger partial charge in [0.25, 0.3) is 0 Å². The monoisotopic (exact) mass is 423 g/mol. The van der Waals surface area contributed by atoms with E-state index in [-0.39, 0.29) is 5.69 Å². The fourth-order valence-corrected chi connectivity index (χ4v) is 3.00. The Morgan fingerprint density at radius 2 is 1.90 bits per heavy atom. The number of hydrogen-bond acceptors (Lipinski definition) is 3. The molecule has 0 fully saturated rings. The lowest BCUT2D eigenvalue weighted by Gasteiger charge is -2.14. The molecule has 1 N–H and O–H groups in total. The number of aromatic nitrogens is 2. The summed E-state index contributed by atoms with van der Waals surface area (Å²) in [4.78, 5) is 12.3. The molecule has 29 heavy (non-hydrogen) atoms. The van der Waals surface area contributed by atoms with Crippen molar-refractivity contribution in [2.24, 2.45) is 0 Å². The van der Waals surface area contributed by atoms with Crippen molar-refractivity contribution in [1.29, 1.82) is 0 Å². The van der Waals surface area contributed by atoms with Crippen LogP contribution in [0.25, 0.3) is 5.69 Å². The molecule has 0 saturated heterocycles. The van der Waals surface area contributed by atoms with Gasteiger partial charge >= 0.3 is 12.3 Å². The number of benzene rings is 2. The number of carbonyl (C=O) groups is 1. The van der Waals surface area contributed by atoms with Crippen LogP contribution in [0, 0.1) is 6.92 Å². The molecule has 0 aliphatic carbocycles. The molecular formula is C20H17ClF3N3O2. The van der Waals surface area contributed by atoms with Crippen molar-refractivity contribution < 1.29 is 22.7 Å². The van der Waals surface area contributed by atoms with Crippen molar-refractivity contribution in [3.63, 3.8) is 0 Å². The Bertz CT molecular complexity index is 1030. The van der Waals surface area contributed by atoms with Gasteiger partial charge < -0.3 is 4.74 Å². The van der Waals surface area contributed by atoms with Gasteiger partial charge in [0.05, 0.1) is 17.6 Å². The Kier molecular flexibility index (Phi) is 5.83. The molecule has 0 atom stereocenters. The Labute approximate surface area is 170 Å². The molecule has 0 spiro atoms. The normalized spacial score (nSPS) is 11.4. The second kappa shape index (κ2) is 8.16. The number of alkyl halides is 3. The molecule has 1 amide bonds. The fraction of sp³-hybridized carbons (Fsp3) is 0.200. The maximum absolute atomic E-state index is 13.7. The van der Waals surface area contributed by atoms with Crippen molar-refractivity contribution in [2.45, 2.75) is 26.4 Å². The summed E-state index contributed by atoms with van der Waals surface area (Å²) in [5, 5.41) is 6.64. The van der Waals surface area contributed by atoms with Crippen molar-refractivity contribution in [1.82, 2.24) is 9.78 Å². The molecule has 9 heteroatoms. The second-order valence-electron chi connectivity index (χ2n) is 6.22. The van der Waals surface area contributed by atoms with E-state index in [0.717, 1.165) is 17.3 Å². The highest BCUT2D eigenvalue weighted by atomic mass is 35.5. The lowest BCUT2D eigenvalue weighted by molar-refractivity contribution is -0.143. The topological polar surface area (TPSA) is 56.1 Å². The van der Waals surface area contributed by atoms with Gasteiger partial charge in [-0.1, -0.05) is 36.7 Å². The van der Waals surface area contributed by atoms with Crippen LogP contribution in [0.5, 0.6) is 5.75 Å². The highest BCUT2D eigenvalue weighted by molar-refractivity contribution is 6.30. The van der Waals surface area contributed by atoms with E-state index in [1.807, 2.05) is 19.1 Å². The first-order valence-electron chi connectivity index (χ1n) is 8.69. The number of ether oxygens (including phenoxy) is 1. The van der Waals surface area contributed by atoms with Crippen molar-refractivity contribution >= 4 is 23.4 Å². The number of para-hydroxylation sites is 1. The largest absolute Gasteiger partial charge is 0.437 e. The quantitative estimate of drug-likeness (QED) is 0.557. The molecule has 1 aromatic heterocycles. The molecular weight excluding hydrogens is 407 g/mol. The first kappa shape index (κ1) is 20.7. The summed E-state index contributed by atoms with van der Waals surface area (Å²) in [6.07, 6.45) is -4.34. The van der Waals surface area contributed by atoms with Crippen LogP contribution in [0.3, 0.4) is 0 Å². The van der Waals surface area contributed by atoms with Crippen LogP contribution in [-0.2, 0) is 12.6 Å². The summed E-state index contributed by atoms with van der Waals surface area (Å²) >= 11 is 5.79. The first-order chi connectivity index (χ1) is 13.7. The summed E-state index contributed by atoms with van der Waals surface area (Å²) in [5.74, 6) is -0.698. The summed E-state index contributed by atoms with van der Waals surface area (Å²) in [6.45, 7) is 3.69. The number of aryl methyl sites for hydroxylation is 2. The number of nitrogens with one attached hydrogen (secondary N) is 1. The summed E-state index contributed by atoms with van der Waals surface area (Å²) in [5.41, 5.74) is 1.06. The predicted octanol–water partition coefficient (Wildman–Crippen LogP) is 6.03. The fourth-order valence-electron chi connectivity index (χ4n) is 2.88. The van der Waals surface area contributed by atoms with Gasteiger partial charge in [0.15, 0.2) is 11.4 Å². The predicted molar refractivity (Wildman–Crippen MR) is 104 cm³/mol. The van der Waals surface area contributed by atoms with Gasteiger partial charge in [0.2, 0.25) is 0 Å². The molecule has 0 saturated carbocycles. The van der Waals surface area contributed by atoms with Crippen LogP contribution >= 0.6 is 11.6 Å². The third-order valence-electron chi connectivity index (χ3n) is 4.25. The lowest BCUT2D eigenvalue weighted by Crippen LogP contribution is -2.21. The first-order valence-corrected chi connectivity index (χ1v) is 9.07. The Balaban J connectivity index is 1.92. The van der Waals surface area contributed by atoms with Crippen molar-refractivity contribution in [3.05, 3.63) is 70.5 Å². The molecule has 3 rings (SSSR count). The van der Waals surface area contributed by atoms with Gasteiger partial charge in [-0.3, -0.25) is 5.32 Å². The van der Waals surface area contributed by atoms with Crippen LogP contribution in [0.2, 0.25) is 5.02 Å². The number of carbonyl (C=O) groups excluding carboxylic acids is 1. The zero-order chi connectivity index (χ0) is 21.2. The van der Waals surface area contributed by atoms with E-state index in [1.54, 1.807) is 13.0 Å². The Morgan fingerprint density at radius 1 is 1.21 bits per heavy atom. The molecule has 2 aromatic carbocycles. The van der Waals surface area contributed by atoms with E-state index in [0.29, 0.717) is 21.8 Å². The maximum atomic E-state index is 13.7. The smallest absolute Gasteiger partial charge is 0.406 e. The second-order valence-corrected chi connectivity index (χ2v) is 6.66. The molecule has 5 nitrogen and oxygen atoms in total. The Hall–Kier alpha value is -3.00. The van der Waals surface area contributed by atoms with E-state index >= 15 is 0 Å². The van der Waals surface area contributed by atoms with Crippen LogP contribution < -0.4 is 10.1 Å². The maximum Gasteiger partial charge on any atom is 0.437 e. The van der Waals surface area contributed by atoms with Gasteiger partial charge in [-0.15, -0.1) is 0 Å². The van der Waals surface area contributed by atoms with Gasteiger partial charge in [-0.2, -0.15) is 18.3 Å². The van der Waals surface area contributed by atoms with Crippen LogP contribution in [0.1, 0.15) is 23.7 Å². The van der Waals surface area contributed by atoms with E-state index in [1.165, 1.54) is 24.3 Å². The summed E-state index contributed by atoms with van der Waals surface area (Å²) in [7, 11) is 0. The average Bonchev–Trinajstić information content (AvgIpc) is 3.08. The molecule has 0 aliphatic rings. The lowest BCUT2D eigenvalue weighted by atomic mass is 10.1. The molecule has 0 unspecified atom stereocenters. The van der Waals surface area contributed by atoms with Crippen LogP contribution in [0.4, 0.5) is 23.7 Å². The zero-order valence-electron chi connectivity index (χ0n) is 15.5. The Morgan fingerprint density at radius 3 is 2.52 bits per heavy atom. The van der Waals surface area contributed by atoms with Crippen LogP contribution in [0.15, 0.2) is 48.7 Å². The van der Waals surface area contributed by atoms with Gasteiger partial charge in [-0.05, 0) is 48.7 Å². The van der Waals surface area contributed by atoms with Crippen molar-refractivity contribution in [2.75, 3.05) is 5.32 Å². The summed E-state index contributed by atoms with van der Waals surface area (Å²) < 4.78 is 46.6. The van der Waals surface area contributed by atoms with Gasteiger partial charge in [-0.25, -0.2) is 9.48 Å². The molecule has 0 aliphatic heterocycles. The number of rotatable bonds is 4. The molecule has 0 radical (unpaired) electrons. The molecule has 3 aromatic rings. The number of halogens is 4. The minimum Gasteiger partial charge on any atom is -0.406 e. The highest BCUT2D eigenvalue weighted by Crippen LogP contribution is 2.38. The third kappa shape index (κ3) is 4.54. The molecule has 1 heterocycles. The highest BCUT2D eigenvalue weighted by Gasteiger charge is 2.40. The van der Waals surface area contributed by atoms with Gasteiger partial charge in [0.1, 0.15) is 0 Å². The minimum absolute atomic E-state index is 0.129. The number of anilines is 1. The summed E-state index contributed by atoms with van der Waals surface area (Å²) in [6, 6.07) is 11.1. The standard InChI is InChI=1S/C20H17ClF3N3O2/c1-3-13-6-4-5-12(2)17(13)26-19(28)29-16-11-25-27(18(16)20(22,23)24)15-9-7-14(21)8-10-15/h4-11H,3H2,1-2H3,(H,26,28). The van der Waals surface area contributed by atoms with Crippen LogP contribution in [-0.4, -0.2) is 15.9 Å². The van der Waals surface area contributed by atoms with Crippen molar-refractivity contribution in [3.8, 4) is 11.4 Å². The molecule has 0 bridgehead atoms. The van der Waals surface area contributed by atoms with E-state index in [2.05, 4.69) is 10.4 Å². The van der Waals surface area contributed by atoms with Gasteiger partial charge in [0, 0.05) is 5.02 Å².